The van der Waals surface area contributed by atoms with Gasteiger partial charge in [0.2, 0.25) is 5.89 Å². The Hall–Kier alpha value is -4.14. The Morgan fingerprint density at radius 1 is 1.13 bits per heavy atom. The summed E-state index contributed by atoms with van der Waals surface area (Å²) in [6.07, 6.45) is 0. The van der Waals surface area contributed by atoms with Gasteiger partial charge in [0.1, 0.15) is 11.7 Å². The van der Waals surface area contributed by atoms with Crippen molar-refractivity contribution in [2.75, 3.05) is 21.1 Å². The Labute approximate surface area is 178 Å². The fourth-order valence-corrected chi connectivity index (χ4v) is 2.64. The zero-order valence-electron chi connectivity index (χ0n) is 17.3. The van der Waals surface area contributed by atoms with Crippen molar-refractivity contribution >= 4 is 23.2 Å². The van der Waals surface area contributed by atoms with Crippen LogP contribution in [0.3, 0.4) is 0 Å². The van der Waals surface area contributed by atoms with E-state index in [0.717, 1.165) is 0 Å². The van der Waals surface area contributed by atoms with Crippen LogP contribution in [0.25, 0.3) is 17.2 Å². The minimum absolute atomic E-state index is 0.0166. The van der Waals surface area contributed by atoms with Gasteiger partial charge in [-0.2, -0.15) is 0 Å². The van der Waals surface area contributed by atoms with Gasteiger partial charge in [-0.25, -0.2) is 9.38 Å². The maximum absolute atomic E-state index is 13.5. The first kappa shape index (κ1) is 21.6. The third-order valence-corrected chi connectivity index (χ3v) is 4.30. The largest absolute Gasteiger partial charge is 0.414 e. The van der Waals surface area contributed by atoms with E-state index in [2.05, 4.69) is 26.8 Å². The quantitative estimate of drug-likeness (QED) is 0.487. The maximum atomic E-state index is 13.5. The molecule has 158 valence electrons. The zero-order valence-corrected chi connectivity index (χ0v) is 17.3. The van der Waals surface area contributed by atoms with E-state index < -0.39 is 5.82 Å². The van der Waals surface area contributed by atoms with Gasteiger partial charge in [-0.05, 0) is 35.9 Å². The predicted octanol–water partition coefficient (Wildman–Crippen LogP) is 3.02. The summed E-state index contributed by atoms with van der Waals surface area (Å²) in [4.78, 5) is 21.9. The minimum atomic E-state index is -0.426. The number of carbonyl (C=O) groups is 1. The lowest BCUT2D eigenvalue weighted by atomic mass is 10.1. The Morgan fingerprint density at radius 2 is 1.81 bits per heavy atom. The molecule has 1 aromatic heterocycles. The lowest BCUT2D eigenvalue weighted by Gasteiger charge is -2.10. The van der Waals surface area contributed by atoms with Crippen LogP contribution in [-0.2, 0) is 0 Å². The molecular weight excluding hydrogens is 399 g/mol. The van der Waals surface area contributed by atoms with Crippen LogP contribution in [0.5, 0.6) is 0 Å². The van der Waals surface area contributed by atoms with Crippen LogP contribution in [0.2, 0.25) is 0 Å². The molecule has 0 saturated carbocycles. The molecule has 1 amide bonds. The van der Waals surface area contributed by atoms with Crippen LogP contribution in [0.4, 0.5) is 4.39 Å². The highest BCUT2D eigenvalue weighted by molar-refractivity contribution is 6.46. The van der Waals surface area contributed by atoms with Gasteiger partial charge in [-0.15, -0.1) is 10.2 Å². The molecule has 0 fully saturated rings. The van der Waals surface area contributed by atoms with E-state index in [1.54, 1.807) is 44.4 Å². The summed E-state index contributed by atoms with van der Waals surface area (Å²) in [7, 11) is 4.86. The van der Waals surface area contributed by atoms with E-state index in [9.17, 15) is 9.18 Å². The lowest BCUT2D eigenvalue weighted by Crippen LogP contribution is -2.25. The average molecular weight is 420 g/mol. The Morgan fingerprint density at radius 3 is 2.42 bits per heavy atom. The van der Waals surface area contributed by atoms with E-state index in [1.807, 2.05) is 0 Å². The molecular formula is C22H21FN6O2. The Balaban J connectivity index is 1.93. The van der Waals surface area contributed by atoms with Crippen LogP contribution in [-0.4, -0.2) is 53.7 Å². The van der Waals surface area contributed by atoms with Crippen molar-refractivity contribution in [3.63, 3.8) is 0 Å². The lowest BCUT2D eigenvalue weighted by molar-refractivity contribution is 0.0827. The third kappa shape index (κ3) is 4.89. The number of benzene rings is 2. The summed E-state index contributed by atoms with van der Waals surface area (Å²) in [6.45, 7) is 3.96. The van der Waals surface area contributed by atoms with Crippen LogP contribution < -0.4 is 5.73 Å². The average Bonchev–Trinajstić information content (AvgIpc) is 3.26. The second-order valence-corrected chi connectivity index (χ2v) is 6.72. The number of rotatable bonds is 6. The van der Waals surface area contributed by atoms with Gasteiger partial charge in [-0.3, -0.25) is 9.79 Å². The molecule has 0 aliphatic carbocycles. The number of aliphatic imine (C=N–C) groups is 2. The second-order valence-electron chi connectivity index (χ2n) is 6.72. The van der Waals surface area contributed by atoms with Gasteiger partial charge in [0.25, 0.3) is 11.8 Å². The molecule has 0 saturated heterocycles. The van der Waals surface area contributed by atoms with Gasteiger partial charge in [-0.1, -0.05) is 24.8 Å². The van der Waals surface area contributed by atoms with Crippen LogP contribution in [0, 0.1) is 5.82 Å². The predicted molar refractivity (Wildman–Crippen MR) is 117 cm³/mol. The molecule has 31 heavy (non-hydrogen) atoms. The summed E-state index contributed by atoms with van der Waals surface area (Å²) < 4.78 is 19.1. The van der Waals surface area contributed by atoms with E-state index >= 15 is 0 Å². The third-order valence-electron chi connectivity index (χ3n) is 4.30. The highest BCUT2D eigenvalue weighted by atomic mass is 19.1. The highest BCUT2D eigenvalue weighted by Gasteiger charge is 2.19. The number of amidine groups is 1. The number of amides is 1. The van der Waals surface area contributed by atoms with E-state index in [1.165, 1.54) is 30.1 Å². The van der Waals surface area contributed by atoms with Gasteiger partial charge in [0.05, 0.1) is 5.70 Å². The number of nitrogens with zero attached hydrogens (tertiary/aromatic N) is 5. The van der Waals surface area contributed by atoms with Gasteiger partial charge in [0, 0.05) is 32.3 Å². The fraction of sp³-hybridized carbons (Fsp3) is 0.136. The van der Waals surface area contributed by atoms with Crippen molar-refractivity contribution < 1.29 is 13.6 Å². The Kier molecular flexibility index (Phi) is 6.35. The van der Waals surface area contributed by atoms with Gasteiger partial charge < -0.3 is 15.1 Å². The molecule has 0 aliphatic rings. The smallest absolute Gasteiger partial charge is 0.270 e. The monoisotopic (exact) mass is 420 g/mol. The molecule has 2 aromatic carbocycles. The molecule has 0 aliphatic heterocycles. The maximum Gasteiger partial charge on any atom is 0.270 e. The molecule has 1 heterocycles. The van der Waals surface area contributed by atoms with Gasteiger partial charge >= 0.3 is 0 Å². The van der Waals surface area contributed by atoms with Crippen molar-refractivity contribution in [1.29, 1.82) is 0 Å². The van der Waals surface area contributed by atoms with Crippen molar-refractivity contribution in [1.82, 2.24) is 15.1 Å². The minimum Gasteiger partial charge on any atom is -0.414 e. The number of hydrogen-bond donors (Lipinski definition) is 1. The molecule has 2 N–H and O–H groups in total. The normalized spacial score (nSPS) is 12.0. The molecule has 0 unspecified atom stereocenters. The Bertz CT molecular complexity index is 1180. The van der Waals surface area contributed by atoms with E-state index in [0.29, 0.717) is 22.4 Å². The standard InChI is InChI=1S/C22H21FN6O2/c1-13(14-8-10-15(11-9-14)22(30)29(3)4)26-18(19(24)25-2)21-28-27-20(31-21)16-6-5-7-17(23)12-16/h5-12H,1H2,2-4H3,(H2,24,25). The first-order chi connectivity index (χ1) is 14.8. The first-order valence-corrected chi connectivity index (χ1v) is 9.22. The molecule has 3 aromatic rings. The van der Waals surface area contributed by atoms with E-state index in [-0.39, 0.29) is 29.2 Å². The fourth-order valence-electron chi connectivity index (χ4n) is 2.64. The van der Waals surface area contributed by atoms with Crippen LogP contribution >= 0.6 is 0 Å². The second kappa shape index (κ2) is 9.12. The number of hydrogen-bond acceptors (Lipinski definition) is 6. The summed E-state index contributed by atoms with van der Waals surface area (Å²) in [5, 5.41) is 7.92. The van der Waals surface area contributed by atoms with Crippen LogP contribution in [0.15, 0.2) is 69.5 Å². The van der Waals surface area contributed by atoms with Crippen molar-refractivity contribution in [2.24, 2.45) is 15.7 Å². The number of nitrogens with two attached hydrogens (primary N) is 1. The molecule has 0 spiro atoms. The van der Waals surface area contributed by atoms with Crippen molar-refractivity contribution in [3.05, 3.63) is 77.9 Å². The molecule has 0 radical (unpaired) electrons. The molecule has 8 nitrogen and oxygen atoms in total. The van der Waals surface area contributed by atoms with E-state index in [4.69, 9.17) is 10.2 Å². The highest BCUT2D eigenvalue weighted by Crippen LogP contribution is 2.21. The summed E-state index contributed by atoms with van der Waals surface area (Å²) in [5.74, 6) is -0.342. The first-order valence-electron chi connectivity index (χ1n) is 9.22. The van der Waals surface area contributed by atoms with Crippen LogP contribution in [0.1, 0.15) is 21.8 Å². The number of carbonyl (C=O) groups excluding carboxylic acids is 1. The van der Waals surface area contributed by atoms with Gasteiger partial charge in [0.15, 0.2) is 5.71 Å². The number of aromatic nitrogens is 2. The molecule has 0 atom stereocenters. The summed E-state index contributed by atoms with van der Waals surface area (Å²) in [6, 6.07) is 12.6. The zero-order chi connectivity index (χ0) is 22.5. The molecule has 3 rings (SSSR count). The topological polar surface area (TPSA) is 110 Å². The van der Waals surface area contributed by atoms with Crippen molar-refractivity contribution in [3.8, 4) is 11.5 Å². The number of halogens is 1. The SMILES string of the molecule is C=C(N=C(C(N)=NC)c1nnc(-c2cccc(F)c2)o1)c1ccc(C(=O)N(C)C)cc1. The summed E-state index contributed by atoms with van der Waals surface area (Å²) in [5.41, 5.74) is 8.11. The summed E-state index contributed by atoms with van der Waals surface area (Å²) >= 11 is 0. The molecule has 0 bridgehead atoms. The van der Waals surface area contributed by atoms with Crippen molar-refractivity contribution in [2.45, 2.75) is 0 Å². The molecule has 9 heteroatoms.